The van der Waals surface area contributed by atoms with Crippen molar-refractivity contribution in [2.45, 2.75) is 40.9 Å². The minimum Gasteiger partial charge on any atom is -0.318 e. The zero-order valence-electron chi connectivity index (χ0n) is 22.4. The van der Waals surface area contributed by atoms with Crippen LogP contribution in [-0.2, 0) is 9.63 Å². The number of hydrogen-bond donors (Lipinski definition) is 0. The Morgan fingerprint density at radius 3 is 1.88 bits per heavy atom. The van der Waals surface area contributed by atoms with Crippen LogP contribution in [0.15, 0.2) is 123 Å². The SMILES string of the molecule is CC(=O)O/N=C(\CCCCSc1ccc(Cl)cc1)C(=O)c1ccc(Sc2ccc(C(=O)c3ccccc3)cc2)cc1. The van der Waals surface area contributed by atoms with Crippen LogP contribution in [0.4, 0.5) is 0 Å². The molecule has 208 valence electrons. The third kappa shape index (κ3) is 9.46. The van der Waals surface area contributed by atoms with Crippen molar-refractivity contribution in [3.05, 3.63) is 125 Å². The molecule has 4 rings (SSSR count). The van der Waals surface area contributed by atoms with Crippen molar-refractivity contribution in [1.82, 2.24) is 0 Å². The van der Waals surface area contributed by atoms with Crippen LogP contribution in [0.3, 0.4) is 0 Å². The Morgan fingerprint density at radius 1 is 0.707 bits per heavy atom. The van der Waals surface area contributed by atoms with Crippen LogP contribution in [0, 0.1) is 0 Å². The van der Waals surface area contributed by atoms with Crippen LogP contribution >= 0.6 is 35.1 Å². The first-order chi connectivity index (χ1) is 19.9. The van der Waals surface area contributed by atoms with Gasteiger partial charge in [0.05, 0.1) is 0 Å². The normalized spacial score (nSPS) is 11.2. The number of rotatable bonds is 13. The highest BCUT2D eigenvalue weighted by Crippen LogP contribution is 2.29. The van der Waals surface area contributed by atoms with E-state index >= 15 is 0 Å². The molecule has 8 heteroatoms. The molecule has 0 aliphatic rings. The molecule has 0 saturated carbocycles. The number of hydrogen-bond acceptors (Lipinski definition) is 7. The fourth-order valence-corrected chi connectivity index (χ4v) is 5.70. The molecular weight excluding hydrogens is 574 g/mol. The molecule has 0 N–H and O–H groups in total. The van der Waals surface area contributed by atoms with E-state index < -0.39 is 5.97 Å². The van der Waals surface area contributed by atoms with E-state index in [0.29, 0.717) is 28.1 Å². The van der Waals surface area contributed by atoms with Crippen LogP contribution < -0.4 is 0 Å². The van der Waals surface area contributed by atoms with Crippen molar-refractivity contribution in [2.24, 2.45) is 5.16 Å². The van der Waals surface area contributed by atoms with Crippen LogP contribution in [0.2, 0.25) is 5.02 Å². The van der Waals surface area contributed by atoms with E-state index in [1.807, 2.05) is 78.9 Å². The van der Waals surface area contributed by atoms with Gasteiger partial charge < -0.3 is 4.84 Å². The number of unbranched alkanes of at least 4 members (excludes halogenated alkanes) is 1. The standard InChI is InChI=1S/C33H28ClNO4S2/c1-23(36)39-35-31(9-5-6-22-40-28-20-14-27(34)15-21-28)33(38)26-12-18-30(19-13-26)41-29-16-10-25(11-17-29)32(37)24-7-3-2-4-8-24/h2-4,7-8,10-21H,5-6,9,22H2,1H3/b35-31+. The van der Waals surface area contributed by atoms with Crippen LogP contribution in [0.25, 0.3) is 0 Å². The molecule has 0 unspecified atom stereocenters. The van der Waals surface area contributed by atoms with Gasteiger partial charge in [-0.1, -0.05) is 58.9 Å². The summed E-state index contributed by atoms with van der Waals surface area (Å²) in [7, 11) is 0. The first-order valence-electron chi connectivity index (χ1n) is 13.0. The lowest BCUT2D eigenvalue weighted by Crippen LogP contribution is -2.16. The zero-order valence-corrected chi connectivity index (χ0v) is 24.8. The molecule has 0 radical (unpaired) electrons. The van der Waals surface area contributed by atoms with Gasteiger partial charge in [-0.2, -0.15) is 0 Å². The van der Waals surface area contributed by atoms with Crippen molar-refractivity contribution in [3.8, 4) is 0 Å². The van der Waals surface area contributed by atoms with Crippen molar-refractivity contribution in [3.63, 3.8) is 0 Å². The fourth-order valence-electron chi connectivity index (χ4n) is 3.84. The van der Waals surface area contributed by atoms with Gasteiger partial charge in [-0.05, 0) is 97.8 Å². The largest absolute Gasteiger partial charge is 0.331 e. The quantitative estimate of drug-likeness (QED) is 0.0381. The summed E-state index contributed by atoms with van der Waals surface area (Å²) in [5, 5.41) is 4.57. The van der Waals surface area contributed by atoms with E-state index in [1.54, 1.807) is 36.0 Å². The third-order valence-corrected chi connectivity index (χ3v) is 8.31. The average Bonchev–Trinajstić information content (AvgIpc) is 3.00. The number of thioether (sulfide) groups is 1. The second-order valence-corrected chi connectivity index (χ2v) is 11.8. The van der Waals surface area contributed by atoms with E-state index in [4.69, 9.17) is 16.4 Å². The summed E-state index contributed by atoms with van der Waals surface area (Å²) in [6.07, 6.45) is 1.99. The van der Waals surface area contributed by atoms with Gasteiger partial charge in [-0.3, -0.25) is 9.59 Å². The average molecular weight is 602 g/mol. The minimum atomic E-state index is -0.572. The molecule has 41 heavy (non-hydrogen) atoms. The predicted octanol–water partition coefficient (Wildman–Crippen LogP) is 8.79. The maximum absolute atomic E-state index is 13.2. The highest BCUT2D eigenvalue weighted by Gasteiger charge is 2.16. The summed E-state index contributed by atoms with van der Waals surface area (Å²) in [6, 6.07) is 31.6. The maximum Gasteiger partial charge on any atom is 0.331 e. The molecule has 5 nitrogen and oxygen atoms in total. The number of halogens is 1. The number of nitrogens with zero attached hydrogens (tertiary/aromatic N) is 1. The van der Waals surface area contributed by atoms with Gasteiger partial charge in [0.1, 0.15) is 5.71 Å². The lowest BCUT2D eigenvalue weighted by molar-refractivity contribution is -0.140. The van der Waals surface area contributed by atoms with Crippen LogP contribution in [-0.4, -0.2) is 29.0 Å². The molecule has 0 aliphatic carbocycles. The maximum atomic E-state index is 13.2. The molecule has 0 amide bonds. The topological polar surface area (TPSA) is 72.8 Å². The summed E-state index contributed by atoms with van der Waals surface area (Å²) in [5.74, 6) is 0.0228. The number of ketones is 2. The monoisotopic (exact) mass is 601 g/mol. The molecule has 0 fully saturated rings. The number of carbonyl (C=O) groups is 3. The van der Waals surface area contributed by atoms with E-state index in [1.165, 1.54) is 18.7 Å². The van der Waals surface area contributed by atoms with Gasteiger partial charge in [0, 0.05) is 43.3 Å². The van der Waals surface area contributed by atoms with Gasteiger partial charge in [-0.15, -0.1) is 11.8 Å². The first-order valence-corrected chi connectivity index (χ1v) is 15.2. The zero-order chi connectivity index (χ0) is 29.0. The molecule has 0 bridgehead atoms. The van der Waals surface area contributed by atoms with Crippen molar-refractivity contribution < 1.29 is 19.2 Å². The molecular formula is C33H28ClNO4S2. The molecule has 0 saturated heterocycles. The Bertz CT molecular complexity index is 1500. The first kappa shape index (κ1) is 30.3. The van der Waals surface area contributed by atoms with Crippen molar-refractivity contribution >= 4 is 58.4 Å². The molecule has 0 atom stereocenters. The fraction of sp³-hybridized carbons (Fsp3) is 0.152. The van der Waals surface area contributed by atoms with Crippen molar-refractivity contribution in [2.75, 3.05) is 5.75 Å². The van der Waals surface area contributed by atoms with E-state index in [9.17, 15) is 14.4 Å². The van der Waals surface area contributed by atoms with E-state index in [-0.39, 0.29) is 17.3 Å². The van der Waals surface area contributed by atoms with Gasteiger partial charge in [0.15, 0.2) is 5.78 Å². The summed E-state index contributed by atoms with van der Waals surface area (Å²) in [6.45, 7) is 1.25. The van der Waals surface area contributed by atoms with E-state index in [0.717, 1.165) is 33.3 Å². The summed E-state index contributed by atoms with van der Waals surface area (Å²) < 4.78 is 0. The Kier molecular flexibility index (Phi) is 11.4. The van der Waals surface area contributed by atoms with Crippen LogP contribution in [0.1, 0.15) is 52.5 Å². The molecule has 0 spiro atoms. The van der Waals surface area contributed by atoms with Crippen molar-refractivity contribution in [1.29, 1.82) is 0 Å². The Morgan fingerprint density at radius 2 is 1.27 bits per heavy atom. The Labute approximate surface area is 253 Å². The molecule has 0 heterocycles. The Balaban J connectivity index is 1.33. The molecule has 0 aliphatic heterocycles. The predicted molar refractivity (Wildman–Crippen MR) is 166 cm³/mol. The number of oxime groups is 1. The highest BCUT2D eigenvalue weighted by molar-refractivity contribution is 7.99. The summed E-state index contributed by atoms with van der Waals surface area (Å²) >= 11 is 9.19. The molecule has 4 aromatic rings. The second-order valence-electron chi connectivity index (χ2n) is 9.06. The smallest absolute Gasteiger partial charge is 0.318 e. The molecule has 0 aromatic heterocycles. The Hall–Kier alpha value is -3.65. The lowest BCUT2D eigenvalue weighted by Gasteiger charge is -2.08. The number of Topliss-reactive ketones (excluding diaryl/α,β-unsaturated/α-hetero) is 1. The van der Waals surface area contributed by atoms with E-state index in [2.05, 4.69) is 5.16 Å². The van der Waals surface area contributed by atoms with Gasteiger partial charge in [0.2, 0.25) is 5.78 Å². The van der Waals surface area contributed by atoms with Gasteiger partial charge in [0.25, 0.3) is 0 Å². The number of carbonyl (C=O) groups excluding carboxylic acids is 3. The second kappa shape index (κ2) is 15.4. The summed E-state index contributed by atoms with van der Waals surface area (Å²) in [5.41, 5.74) is 1.97. The highest BCUT2D eigenvalue weighted by atomic mass is 35.5. The molecule has 4 aromatic carbocycles. The van der Waals surface area contributed by atoms with Crippen LogP contribution in [0.5, 0.6) is 0 Å². The van der Waals surface area contributed by atoms with Gasteiger partial charge in [-0.25, -0.2) is 4.79 Å². The number of benzene rings is 4. The lowest BCUT2D eigenvalue weighted by atomic mass is 10.0. The summed E-state index contributed by atoms with van der Waals surface area (Å²) in [4.78, 5) is 45.0. The minimum absolute atomic E-state index is 0.0171. The van der Waals surface area contributed by atoms with Gasteiger partial charge >= 0.3 is 5.97 Å². The third-order valence-electron chi connectivity index (χ3n) is 5.94.